The maximum atomic E-state index is 11.8. The van der Waals surface area contributed by atoms with E-state index in [0.29, 0.717) is 17.2 Å². The Hall–Kier alpha value is -3.24. The van der Waals surface area contributed by atoms with E-state index in [1.54, 1.807) is 31.2 Å². The maximum Gasteiger partial charge on any atom is 0.248 e. The summed E-state index contributed by atoms with van der Waals surface area (Å²) in [6.45, 7) is 3.90. The average molecular weight is 406 g/mol. The van der Waals surface area contributed by atoms with Crippen molar-refractivity contribution in [1.82, 2.24) is 0 Å². The molecule has 2 aromatic carbocycles. The minimum Gasteiger partial charge on any atom is -0.506 e. The van der Waals surface area contributed by atoms with Gasteiger partial charge in [-0.3, -0.25) is 4.79 Å². The monoisotopic (exact) mass is 406 g/mol. The number of phenols is 1. The molecular weight excluding hydrogens is 380 g/mol. The lowest BCUT2D eigenvalue weighted by Crippen LogP contribution is -2.52. The normalized spacial score (nSPS) is 23.9. The third kappa shape index (κ3) is 3.44. The van der Waals surface area contributed by atoms with Crippen LogP contribution in [0.4, 0.5) is 11.4 Å². The fraction of sp³-hybridized carbons (Fsp3) is 0.391. The van der Waals surface area contributed by atoms with Gasteiger partial charge in [-0.2, -0.15) is 5.26 Å². The van der Waals surface area contributed by atoms with Crippen LogP contribution >= 0.6 is 0 Å². The molecule has 0 saturated heterocycles. The number of primary amides is 1. The minimum absolute atomic E-state index is 0.0820. The van der Waals surface area contributed by atoms with E-state index in [9.17, 15) is 15.0 Å². The second-order valence-corrected chi connectivity index (χ2v) is 8.33. The molecular formula is C23H26N4O3. The van der Waals surface area contributed by atoms with Crippen LogP contribution in [0, 0.1) is 23.2 Å². The summed E-state index contributed by atoms with van der Waals surface area (Å²) in [5.41, 5.74) is 8.58. The summed E-state index contributed by atoms with van der Waals surface area (Å²) in [4.78, 5) is 13.9. The number of hydrogen-bond acceptors (Lipinski definition) is 6. The number of amides is 1. The number of aliphatic hydroxyl groups is 1. The number of hydrogen-bond donors (Lipinski definition) is 4. The van der Waals surface area contributed by atoms with Gasteiger partial charge < -0.3 is 26.2 Å². The molecule has 1 fully saturated rings. The number of nitriles is 1. The number of phenolic OH excluding ortho intramolecular Hbond substituents is 1. The highest BCUT2D eigenvalue weighted by atomic mass is 16.3. The number of anilines is 2. The number of fused-ring (bicyclic) bond motifs is 1. The lowest BCUT2D eigenvalue weighted by atomic mass is 9.79. The van der Waals surface area contributed by atoms with Crippen LogP contribution in [0.5, 0.6) is 5.75 Å². The number of carbonyl (C=O) groups is 1. The number of nitrogens with zero attached hydrogens (tertiary/aromatic N) is 2. The van der Waals surface area contributed by atoms with Gasteiger partial charge in [-0.05, 0) is 61.6 Å². The van der Waals surface area contributed by atoms with E-state index in [0.717, 1.165) is 24.1 Å². The molecule has 0 radical (unpaired) electrons. The molecule has 1 aliphatic heterocycles. The molecule has 0 spiro atoms. The molecule has 156 valence electrons. The van der Waals surface area contributed by atoms with Crippen molar-refractivity contribution in [3.63, 3.8) is 0 Å². The van der Waals surface area contributed by atoms with Gasteiger partial charge in [0.25, 0.3) is 0 Å². The largest absolute Gasteiger partial charge is 0.506 e. The molecule has 1 heterocycles. The molecule has 7 nitrogen and oxygen atoms in total. The predicted molar refractivity (Wildman–Crippen MR) is 114 cm³/mol. The van der Waals surface area contributed by atoms with Crippen LogP contribution in [0.25, 0.3) is 0 Å². The SMILES string of the molecule is CC(O)N1c2ccc(C(N)=O)cc2[C@H](Nc2ccc(C#N)c(O)c2)[C@@H](C)[C@@H]1C1CC1. The summed E-state index contributed by atoms with van der Waals surface area (Å²) < 4.78 is 0. The molecule has 1 amide bonds. The van der Waals surface area contributed by atoms with Crippen molar-refractivity contribution < 1.29 is 15.0 Å². The second-order valence-electron chi connectivity index (χ2n) is 8.33. The first-order valence-electron chi connectivity index (χ1n) is 10.2. The van der Waals surface area contributed by atoms with Gasteiger partial charge in [-0.1, -0.05) is 6.92 Å². The van der Waals surface area contributed by atoms with Crippen molar-refractivity contribution in [2.45, 2.75) is 45.0 Å². The lowest BCUT2D eigenvalue weighted by molar-refractivity contribution is 0.1000. The number of nitrogens with two attached hydrogens (primary N) is 1. The standard InChI is InChI=1S/C23H26N4O3/c1-12-21(26-17-7-5-16(11-24)20(29)10-17)18-9-15(23(25)30)6-8-19(18)27(13(2)28)22(12)14-3-4-14/h5-10,12-14,21-22,26,28-29H,3-4H2,1-2H3,(H2,25,30)/t12-,13?,21-,22-/m1/s1. The molecule has 1 unspecified atom stereocenters. The quantitative estimate of drug-likeness (QED) is 0.605. The molecule has 30 heavy (non-hydrogen) atoms. The summed E-state index contributed by atoms with van der Waals surface area (Å²) in [6, 6.07) is 12.1. The summed E-state index contributed by atoms with van der Waals surface area (Å²) in [7, 11) is 0. The Morgan fingerprint density at radius 1 is 1.30 bits per heavy atom. The maximum absolute atomic E-state index is 11.8. The van der Waals surface area contributed by atoms with Gasteiger partial charge >= 0.3 is 0 Å². The Bertz CT molecular complexity index is 1030. The Balaban J connectivity index is 1.81. The van der Waals surface area contributed by atoms with Crippen molar-refractivity contribution >= 4 is 17.3 Å². The summed E-state index contributed by atoms with van der Waals surface area (Å²) in [6.07, 6.45) is 1.57. The average Bonchev–Trinajstić information content (AvgIpc) is 3.54. The number of nitrogens with one attached hydrogen (secondary N) is 1. The molecule has 1 saturated carbocycles. The van der Waals surface area contributed by atoms with E-state index in [1.807, 2.05) is 12.1 Å². The predicted octanol–water partition coefficient (Wildman–Crippen LogP) is 3.09. The van der Waals surface area contributed by atoms with Crippen LogP contribution in [0.2, 0.25) is 0 Å². The third-order valence-corrected chi connectivity index (χ3v) is 6.26. The van der Waals surface area contributed by atoms with Gasteiger partial charge in [0.15, 0.2) is 0 Å². The number of rotatable bonds is 5. The summed E-state index contributed by atoms with van der Waals surface area (Å²) in [5.74, 6) is 0.0207. The number of aromatic hydroxyl groups is 1. The van der Waals surface area contributed by atoms with E-state index in [4.69, 9.17) is 11.0 Å². The summed E-state index contributed by atoms with van der Waals surface area (Å²) >= 11 is 0. The second kappa shape index (κ2) is 7.54. The van der Waals surface area contributed by atoms with Crippen molar-refractivity contribution in [3.05, 3.63) is 53.1 Å². The fourth-order valence-electron chi connectivity index (χ4n) is 4.74. The van der Waals surface area contributed by atoms with Crippen molar-refractivity contribution in [2.24, 2.45) is 17.6 Å². The van der Waals surface area contributed by atoms with E-state index in [1.165, 1.54) is 6.07 Å². The van der Waals surface area contributed by atoms with Crippen LogP contribution in [0.15, 0.2) is 36.4 Å². The van der Waals surface area contributed by atoms with E-state index >= 15 is 0 Å². The third-order valence-electron chi connectivity index (χ3n) is 6.26. The summed E-state index contributed by atoms with van der Waals surface area (Å²) in [5, 5.41) is 33.2. The Morgan fingerprint density at radius 2 is 2.03 bits per heavy atom. The molecule has 4 rings (SSSR count). The smallest absolute Gasteiger partial charge is 0.248 e. The number of carbonyl (C=O) groups excluding carboxylic acids is 1. The topological polar surface area (TPSA) is 123 Å². The molecule has 0 bridgehead atoms. The van der Waals surface area contributed by atoms with Crippen LogP contribution in [0.1, 0.15) is 54.2 Å². The van der Waals surface area contributed by atoms with Gasteiger partial charge in [0, 0.05) is 35.0 Å². The highest BCUT2D eigenvalue weighted by Gasteiger charge is 2.47. The minimum atomic E-state index is -0.670. The van der Waals surface area contributed by atoms with Gasteiger partial charge in [0.2, 0.25) is 5.91 Å². The van der Waals surface area contributed by atoms with Crippen molar-refractivity contribution in [1.29, 1.82) is 5.26 Å². The highest BCUT2D eigenvalue weighted by Crippen LogP contribution is 2.50. The Labute approximate surface area is 175 Å². The van der Waals surface area contributed by atoms with Crippen molar-refractivity contribution in [2.75, 3.05) is 10.2 Å². The van der Waals surface area contributed by atoms with E-state index in [2.05, 4.69) is 17.1 Å². The van der Waals surface area contributed by atoms with Crippen LogP contribution in [0.3, 0.4) is 0 Å². The number of aliphatic hydroxyl groups excluding tert-OH is 1. The van der Waals surface area contributed by atoms with Gasteiger partial charge in [0.05, 0.1) is 11.6 Å². The molecule has 7 heteroatoms. The number of benzene rings is 2. The molecule has 5 N–H and O–H groups in total. The van der Waals surface area contributed by atoms with Crippen LogP contribution in [-0.2, 0) is 0 Å². The van der Waals surface area contributed by atoms with Gasteiger partial charge in [-0.25, -0.2) is 0 Å². The van der Waals surface area contributed by atoms with Crippen molar-refractivity contribution in [3.8, 4) is 11.8 Å². The first-order chi connectivity index (χ1) is 14.3. The zero-order valence-corrected chi connectivity index (χ0v) is 17.0. The lowest BCUT2D eigenvalue weighted by Gasteiger charge is -2.48. The van der Waals surface area contributed by atoms with Crippen LogP contribution in [-0.4, -0.2) is 28.4 Å². The molecule has 4 atom stereocenters. The van der Waals surface area contributed by atoms with Gasteiger partial charge in [0.1, 0.15) is 18.0 Å². The first kappa shape index (κ1) is 20.0. The first-order valence-corrected chi connectivity index (χ1v) is 10.2. The molecule has 0 aromatic heterocycles. The molecule has 2 aromatic rings. The fourth-order valence-corrected chi connectivity index (χ4v) is 4.74. The van der Waals surface area contributed by atoms with E-state index < -0.39 is 12.1 Å². The molecule has 2 aliphatic rings. The highest BCUT2D eigenvalue weighted by molar-refractivity contribution is 5.93. The Kier molecular flexibility index (Phi) is 5.04. The Morgan fingerprint density at radius 3 is 2.60 bits per heavy atom. The van der Waals surface area contributed by atoms with Crippen LogP contribution < -0.4 is 16.0 Å². The van der Waals surface area contributed by atoms with Gasteiger partial charge in [-0.15, -0.1) is 0 Å². The zero-order valence-electron chi connectivity index (χ0n) is 17.0. The molecule has 1 aliphatic carbocycles. The van der Waals surface area contributed by atoms with E-state index in [-0.39, 0.29) is 29.3 Å². The zero-order chi connectivity index (χ0) is 21.6.